The standard InChI is InChI=1S/C16H21N3O3S.C2HF3O2/c20-15-14(12-2-1-7-17-11-12)10-16(18-15)5-8-19(9-6-16)23(21,22)13-3-4-13;3-2(4,5)1(6)7/h1-2,7,11,13-14H,3-6,8-10H2,(H,18,20);(H,6,7). The number of carbonyl (C=O) groups is 2. The van der Waals surface area contributed by atoms with Gasteiger partial charge >= 0.3 is 12.1 Å². The minimum atomic E-state index is -5.08. The molecule has 1 spiro atoms. The average Bonchev–Trinajstić information content (AvgIpc) is 3.49. The second kappa shape index (κ2) is 8.14. The molecule has 1 saturated carbocycles. The number of hydrogen-bond donors (Lipinski definition) is 2. The number of alkyl halides is 3. The summed E-state index contributed by atoms with van der Waals surface area (Å²) in [6.45, 7) is 1.03. The molecule has 1 unspecified atom stereocenters. The van der Waals surface area contributed by atoms with Gasteiger partial charge in [0.1, 0.15) is 0 Å². The van der Waals surface area contributed by atoms with Crippen LogP contribution in [0.3, 0.4) is 0 Å². The molecular weight excluding hydrogens is 427 g/mol. The van der Waals surface area contributed by atoms with E-state index in [9.17, 15) is 26.4 Å². The third-order valence-corrected chi connectivity index (χ3v) is 8.01. The van der Waals surface area contributed by atoms with Gasteiger partial charge in [0, 0.05) is 31.0 Å². The number of carboxylic acid groups (broad SMARTS) is 1. The monoisotopic (exact) mass is 449 g/mol. The normalized spacial score (nSPS) is 24.1. The van der Waals surface area contributed by atoms with E-state index in [1.165, 1.54) is 0 Å². The Morgan fingerprint density at radius 1 is 1.27 bits per heavy atom. The zero-order chi connectivity index (χ0) is 22.2. The molecule has 30 heavy (non-hydrogen) atoms. The first-order valence-electron chi connectivity index (χ1n) is 9.46. The van der Waals surface area contributed by atoms with Crippen LogP contribution in [0.15, 0.2) is 24.5 Å². The maximum atomic E-state index is 12.4. The number of carbonyl (C=O) groups excluding carboxylic acids is 1. The van der Waals surface area contributed by atoms with E-state index in [2.05, 4.69) is 10.3 Å². The third-order valence-electron chi connectivity index (χ3n) is 5.61. The highest BCUT2D eigenvalue weighted by Gasteiger charge is 2.49. The lowest BCUT2D eigenvalue weighted by Gasteiger charge is -2.38. The Hall–Kier alpha value is -2.21. The van der Waals surface area contributed by atoms with Gasteiger partial charge in [-0.1, -0.05) is 6.07 Å². The molecule has 1 aliphatic carbocycles. The fourth-order valence-corrected chi connectivity index (χ4v) is 5.65. The van der Waals surface area contributed by atoms with Gasteiger partial charge in [-0.25, -0.2) is 17.5 Å². The van der Waals surface area contributed by atoms with Gasteiger partial charge in [0.2, 0.25) is 15.9 Å². The van der Waals surface area contributed by atoms with Gasteiger partial charge in [0.15, 0.2) is 0 Å². The molecule has 1 aromatic rings. The van der Waals surface area contributed by atoms with E-state index in [0.29, 0.717) is 25.9 Å². The van der Waals surface area contributed by atoms with Crippen LogP contribution >= 0.6 is 0 Å². The Bertz CT molecular complexity index is 895. The Morgan fingerprint density at radius 3 is 2.33 bits per heavy atom. The summed E-state index contributed by atoms with van der Waals surface area (Å²) < 4.78 is 58.0. The van der Waals surface area contributed by atoms with E-state index < -0.39 is 22.2 Å². The molecule has 3 fully saturated rings. The van der Waals surface area contributed by atoms with E-state index in [-0.39, 0.29) is 22.6 Å². The number of halogens is 3. The molecule has 4 rings (SSSR count). The second-order valence-corrected chi connectivity index (χ2v) is 9.97. The summed E-state index contributed by atoms with van der Waals surface area (Å²) in [5, 5.41) is 10.1. The Balaban J connectivity index is 0.000000318. The number of amides is 1. The number of rotatable bonds is 3. The zero-order valence-corrected chi connectivity index (χ0v) is 16.7. The molecule has 3 heterocycles. The Kier molecular flexibility index (Phi) is 6.10. The van der Waals surface area contributed by atoms with E-state index in [4.69, 9.17) is 9.90 Å². The minimum Gasteiger partial charge on any atom is -0.475 e. The van der Waals surface area contributed by atoms with Crippen molar-refractivity contribution < 1.29 is 36.3 Å². The van der Waals surface area contributed by atoms with Crippen molar-refractivity contribution in [2.45, 2.75) is 55.0 Å². The molecule has 8 nitrogen and oxygen atoms in total. The minimum absolute atomic E-state index is 0.0384. The first-order chi connectivity index (χ1) is 13.9. The largest absolute Gasteiger partial charge is 0.490 e. The summed E-state index contributed by atoms with van der Waals surface area (Å²) in [6, 6.07) is 3.78. The molecule has 2 N–H and O–H groups in total. The molecule has 1 aromatic heterocycles. The van der Waals surface area contributed by atoms with E-state index in [1.54, 1.807) is 16.7 Å². The van der Waals surface area contributed by atoms with Gasteiger partial charge in [-0.05, 0) is 43.7 Å². The molecule has 2 saturated heterocycles. The second-order valence-electron chi connectivity index (χ2n) is 7.76. The molecule has 166 valence electrons. The van der Waals surface area contributed by atoms with Crippen LogP contribution in [-0.2, 0) is 19.6 Å². The third kappa shape index (κ3) is 4.91. The van der Waals surface area contributed by atoms with Crippen molar-refractivity contribution in [1.82, 2.24) is 14.6 Å². The van der Waals surface area contributed by atoms with E-state index in [0.717, 1.165) is 24.8 Å². The topological polar surface area (TPSA) is 117 Å². The summed E-state index contributed by atoms with van der Waals surface area (Å²) >= 11 is 0. The zero-order valence-electron chi connectivity index (χ0n) is 15.9. The lowest BCUT2D eigenvalue weighted by molar-refractivity contribution is -0.192. The average molecular weight is 449 g/mol. The highest BCUT2D eigenvalue weighted by molar-refractivity contribution is 7.90. The van der Waals surface area contributed by atoms with Gasteiger partial charge in [-0.15, -0.1) is 0 Å². The number of aromatic nitrogens is 1. The number of piperidine rings is 1. The van der Waals surface area contributed by atoms with Crippen molar-refractivity contribution in [2.75, 3.05) is 13.1 Å². The number of hydrogen-bond acceptors (Lipinski definition) is 5. The van der Waals surface area contributed by atoms with Crippen LogP contribution in [0.2, 0.25) is 0 Å². The Labute approximate surface area is 171 Å². The Morgan fingerprint density at radius 2 is 1.87 bits per heavy atom. The summed E-state index contributed by atoms with van der Waals surface area (Å²) in [4.78, 5) is 25.4. The van der Waals surface area contributed by atoms with Crippen molar-refractivity contribution >= 4 is 21.9 Å². The van der Waals surface area contributed by atoms with Gasteiger partial charge in [0.25, 0.3) is 0 Å². The van der Waals surface area contributed by atoms with Crippen LogP contribution in [0.1, 0.15) is 43.6 Å². The first kappa shape index (κ1) is 22.5. The van der Waals surface area contributed by atoms with Crippen LogP contribution in [0.4, 0.5) is 13.2 Å². The number of aliphatic carboxylic acids is 1. The predicted molar refractivity (Wildman–Crippen MR) is 98.9 cm³/mol. The number of nitrogens with one attached hydrogen (secondary N) is 1. The van der Waals surface area contributed by atoms with E-state index in [1.807, 2.05) is 12.1 Å². The fraction of sp³-hybridized carbons (Fsp3) is 0.611. The number of nitrogens with zero attached hydrogens (tertiary/aromatic N) is 2. The first-order valence-corrected chi connectivity index (χ1v) is 11.0. The van der Waals surface area contributed by atoms with Crippen molar-refractivity contribution in [3.8, 4) is 0 Å². The highest BCUT2D eigenvalue weighted by Crippen LogP contribution is 2.41. The van der Waals surface area contributed by atoms with Crippen molar-refractivity contribution in [2.24, 2.45) is 0 Å². The molecule has 12 heteroatoms. The number of pyridine rings is 1. The predicted octanol–water partition coefficient (Wildman–Crippen LogP) is 1.65. The molecule has 0 aromatic carbocycles. The molecule has 3 aliphatic rings. The molecule has 2 aliphatic heterocycles. The van der Waals surface area contributed by atoms with Crippen LogP contribution in [0.25, 0.3) is 0 Å². The van der Waals surface area contributed by atoms with Crippen molar-refractivity contribution in [3.63, 3.8) is 0 Å². The van der Waals surface area contributed by atoms with Crippen LogP contribution in [-0.4, -0.2) is 64.7 Å². The quantitative estimate of drug-likeness (QED) is 0.725. The lowest BCUT2D eigenvalue weighted by Crippen LogP contribution is -2.52. The molecular formula is C18H22F3N3O5S. The van der Waals surface area contributed by atoms with Gasteiger partial charge in [-0.2, -0.15) is 13.2 Å². The van der Waals surface area contributed by atoms with Gasteiger partial charge in [-0.3, -0.25) is 9.78 Å². The molecule has 0 bridgehead atoms. The van der Waals surface area contributed by atoms with E-state index >= 15 is 0 Å². The molecule has 0 radical (unpaired) electrons. The van der Waals surface area contributed by atoms with Crippen LogP contribution in [0, 0.1) is 0 Å². The molecule has 1 amide bonds. The van der Waals surface area contributed by atoms with Crippen LogP contribution < -0.4 is 5.32 Å². The molecule has 1 atom stereocenters. The van der Waals surface area contributed by atoms with Gasteiger partial charge in [0.05, 0.1) is 11.2 Å². The SMILES string of the molecule is O=C(O)C(F)(F)F.O=C1NC2(CCN(S(=O)(=O)C3CC3)CC2)CC1c1cccnc1. The smallest absolute Gasteiger partial charge is 0.475 e. The summed E-state index contributed by atoms with van der Waals surface area (Å²) in [5.74, 6) is -2.89. The summed E-state index contributed by atoms with van der Waals surface area (Å²) in [7, 11) is -3.10. The number of sulfonamides is 1. The van der Waals surface area contributed by atoms with Crippen molar-refractivity contribution in [1.29, 1.82) is 0 Å². The number of carboxylic acids is 1. The maximum absolute atomic E-state index is 12.4. The summed E-state index contributed by atoms with van der Waals surface area (Å²) in [5.41, 5.74) is 0.683. The highest BCUT2D eigenvalue weighted by atomic mass is 32.2. The summed E-state index contributed by atoms with van der Waals surface area (Å²) in [6.07, 6.45) is 2.08. The fourth-order valence-electron chi connectivity index (χ4n) is 3.81. The van der Waals surface area contributed by atoms with Crippen LogP contribution in [0.5, 0.6) is 0 Å². The van der Waals surface area contributed by atoms with Crippen molar-refractivity contribution in [3.05, 3.63) is 30.1 Å². The lowest BCUT2D eigenvalue weighted by atomic mass is 9.83. The van der Waals surface area contributed by atoms with Gasteiger partial charge < -0.3 is 10.4 Å². The maximum Gasteiger partial charge on any atom is 0.490 e.